The Hall–Kier alpha value is -1.62. The third-order valence-electron chi connectivity index (χ3n) is 1.86. The number of rotatable bonds is 6. The highest BCUT2D eigenvalue weighted by Gasteiger charge is 2.04. The average Bonchev–Trinajstić information content (AvgIpc) is 2.29. The first kappa shape index (κ1) is 13.4. The zero-order valence-electron chi connectivity index (χ0n) is 10.4. The van der Waals surface area contributed by atoms with E-state index < -0.39 is 0 Å². The van der Waals surface area contributed by atoms with Gasteiger partial charge in [0.05, 0.1) is 24.6 Å². The monoisotopic (exact) mass is 238 g/mol. The van der Waals surface area contributed by atoms with Gasteiger partial charge in [0.25, 0.3) is 0 Å². The third kappa shape index (κ3) is 5.31. The van der Waals surface area contributed by atoms with Crippen LogP contribution >= 0.6 is 0 Å². The van der Waals surface area contributed by atoms with Gasteiger partial charge in [-0.1, -0.05) is 0 Å². The Labute approximate surface area is 101 Å². The van der Waals surface area contributed by atoms with Crippen molar-refractivity contribution in [2.24, 2.45) is 0 Å². The van der Waals surface area contributed by atoms with E-state index in [0.29, 0.717) is 18.2 Å². The van der Waals surface area contributed by atoms with Gasteiger partial charge in [0.15, 0.2) is 0 Å². The van der Waals surface area contributed by atoms with Crippen LogP contribution in [-0.2, 0) is 9.53 Å². The summed E-state index contributed by atoms with van der Waals surface area (Å²) in [5.41, 5.74) is 0.630. The molecule has 1 rings (SSSR count). The van der Waals surface area contributed by atoms with Crippen LogP contribution in [-0.4, -0.2) is 30.2 Å². The lowest BCUT2D eigenvalue weighted by atomic mass is 10.4. The van der Waals surface area contributed by atoms with Crippen molar-refractivity contribution in [3.63, 3.8) is 0 Å². The van der Waals surface area contributed by atoms with Gasteiger partial charge >= 0.3 is 0 Å². The number of carbonyl (C=O) groups excluding carboxylic acids is 1. The lowest BCUT2D eigenvalue weighted by Crippen LogP contribution is -2.20. The second kappa shape index (κ2) is 6.85. The molecule has 1 heterocycles. The zero-order chi connectivity index (χ0) is 12.7. The number of ether oxygens (including phenoxy) is 2. The number of nitrogens with one attached hydrogen (secondary N) is 1. The second-order valence-corrected chi connectivity index (χ2v) is 3.73. The number of carbonyl (C=O) groups is 1. The number of pyridine rings is 1. The summed E-state index contributed by atoms with van der Waals surface area (Å²) in [4.78, 5) is 15.5. The van der Waals surface area contributed by atoms with Crippen LogP contribution in [0.4, 0.5) is 5.69 Å². The fraction of sp³-hybridized carbons (Fsp3) is 0.500. The molecule has 0 aliphatic rings. The fourth-order valence-corrected chi connectivity index (χ4v) is 1.13. The largest absolute Gasteiger partial charge is 0.478 e. The molecule has 0 atom stereocenters. The van der Waals surface area contributed by atoms with E-state index in [1.807, 2.05) is 20.8 Å². The van der Waals surface area contributed by atoms with Gasteiger partial charge in [-0.3, -0.25) is 4.79 Å². The minimum Gasteiger partial charge on any atom is -0.478 e. The molecular formula is C12H18N2O3. The SMILES string of the molecule is CCOc1ccc(NC(=O)COC(C)C)cn1. The zero-order valence-corrected chi connectivity index (χ0v) is 10.4. The highest BCUT2D eigenvalue weighted by molar-refractivity contribution is 5.91. The van der Waals surface area contributed by atoms with Crippen molar-refractivity contribution in [2.45, 2.75) is 26.9 Å². The van der Waals surface area contributed by atoms with Crippen LogP contribution in [0.25, 0.3) is 0 Å². The minimum atomic E-state index is -0.190. The molecule has 1 N–H and O–H groups in total. The van der Waals surface area contributed by atoms with Crippen molar-refractivity contribution in [2.75, 3.05) is 18.5 Å². The summed E-state index contributed by atoms with van der Waals surface area (Å²) in [7, 11) is 0. The van der Waals surface area contributed by atoms with Gasteiger partial charge in [-0.25, -0.2) is 4.98 Å². The van der Waals surface area contributed by atoms with Crippen molar-refractivity contribution in [1.82, 2.24) is 4.98 Å². The van der Waals surface area contributed by atoms with E-state index in [0.717, 1.165) is 0 Å². The van der Waals surface area contributed by atoms with Gasteiger partial charge in [0.2, 0.25) is 11.8 Å². The predicted octanol–water partition coefficient (Wildman–Crippen LogP) is 1.84. The van der Waals surface area contributed by atoms with Gasteiger partial charge in [0, 0.05) is 6.07 Å². The lowest BCUT2D eigenvalue weighted by Gasteiger charge is -2.08. The van der Waals surface area contributed by atoms with E-state index in [1.54, 1.807) is 18.3 Å². The van der Waals surface area contributed by atoms with Crippen LogP contribution < -0.4 is 10.1 Å². The molecule has 0 unspecified atom stereocenters. The van der Waals surface area contributed by atoms with Gasteiger partial charge in [-0.15, -0.1) is 0 Å². The van der Waals surface area contributed by atoms with E-state index in [9.17, 15) is 4.79 Å². The van der Waals surface area contributed by atoms with Gasteiger partial charge in [-0.05, 0) is 26.8 Å². The number of amides is 1. The molecule has 0 aliphatic heterocycles. The first-order valence-electron chi connectivity index (χ1n) is 5.62. The maximum absolute atomic E-state index is 11.4. The van der Waals surface area contributed by atoms with Crippen LogP contribution in [0.5, 0.6) is 5.88 Å². The molecule has 0 aliphatic carbocycles. The molecule has 0 bridgehead atoms. The highest BCUT2D eigenvalue weighted by atomic mass is 16.5. The molecule has 5 heteroatoms. The summed E-state index contributed by atoms with van der Waals surface area (Å²) in [5.74, 6) is 0.355. The minimum absolute atomic E-state index is 0.0409. The van der Waals surface area contributed by atoms with Crippen LogP contribution in [0.15, 0.2) is 18.3 Å². The highest BCUT2D eigenvalue weighted by Crippen LogP contribution is 2.11. The number of hydrogen-bond acceptors (Lipinski definition) is 4. The summed E-state index contributed by atoms with van der Waals surface area (Å²) < 4.78 is 10.4. The number of hydrogen-bond donors (Lipinski definition) is 1. The maximum Gasteiger partial charge on any atom is 0.250 e. The van der Waals surface area contributed by atoms with Crippen LogP contribution in [0, 0.1) is 0 Å². The van der Waals surface area contributed by atoms with Crippen molar-refractivity contribution in [3.05, 3.63) is 18.3 Å². The van der Waals surface area contributed by atoms with E-state index in [-0.39, 0.29) is 18.6 Å². The van der Waals surface area contributed by atoms with Crippen molar-refractivity contribution < 1.29 is 14.3 Å². The molecule has 0 radical (unpaired) electrons. The van der Waals surface area contributed by atoms with Gasteiger partial charge < -0.3 is 14.8 Å². The topological polar surface area (TPSA) is 60.5 Å². The second-order valence-electron chi connectivity index (χ2n) is 3.73. The molecule has 0 aromatic carbocycles. The number of nitrogens with zero attached hydrogens (tertiary/aromatic N) is 1. The fourth-order valence-electron chi connectivity index (χ4n) is 1.13. The smallest absolute Gasteiger partial charge is 0.250 e. The third-order valence-corrected chi connectivity index (χ3v) is 1.86. The molecule has 0 saturated heterocycles. The Bertz CT molecular complexity index is 349. The Balaban J connectivity index is 2.43. The summed E-state index contributed by atoms with van der Waals surface area (Å²) in [5, 5.41) is 2.68. The van der Waals surface area contributed by atoms with Crippen LogP contribution in [0.1, 0.15) is 20.8 Å². The normalized spacial score (nSPS) is 10.4. The van der Waals surface area contributed by atoms with E-state index in [2.05, 4.69) is 10.3 Å². The lowest BCUT2D eigenvalue weighted by molar-refractivity contribution is -0.121. The Morgan fingerprint density at radius 1 is 1.47 bits per heavy atom. The van der Waals surface area contributed by atoms with Gasteiger partial charge in [0.1, 0.15) is 6.61 Å². The van der Waals surface area contributed by atoms with E-state index >= 15 is 0 Å². The van der Waals surface area contributed by atoms with E-state index in [1.165, 1.54) is 0 Å². The Morgan fingerprint density at radius 2 is 2.24 bits per heavy atom. The van der Waals surface area contributed by atoms with Crippen molar-refractivity contribution in [3.8, 4) is 5.88 Å². The predicted molar refractivity (Wildman–Crippen MR) is 65.1 cm³/mol. The molecule has 0 saturated carbocycles. The first-order valence-corrected chi connectivity index (χ1v) is 5.62. The Morgan fingerprint density at radius 3 is 2.76 bits per heavy atom. The molecule has 0 fully saturated rings. The van der Waals surface area contributed by atoms with Crippen molar-refractivity contribution >= 4 is 11.6 Å². The number of aromatic nitrogens is 1. The maximum atomic E-state index is 11.4. The molecule has 1 aromatic rings. The van der Waals surface area contributed by atoms with Crippen molar-refractivity contribution in [1.29, 1.82) is 0 Å². The average molecular weight is 238 g/mol. The summed E-state index contributed by atoms with van der Waals surface area (Å²) >= 11 is 0. The molecule has 17 heavy (non-hydrogen) atoms. The molecular weight excluding hydrogens is 220 g/mol. The molecule has 1 amide bonds. The summed E-state index contributed by atoms with van der Waals surface area (Å²) in [6.45, 7) is 6.27. The number of anilines is 1. The Kier molecular flexibility index (Phi) is 5.42. The first-order chi connectivity index (χ1) is 8.11. The standard InChI is InChI=1S/C12H18N2O3/c1-4-16-12-6-5-10(7-13-12)14-11(15)8-17-9(2)3/h5-7,9H,4,8H2,1-3H3,(H,14,15). The molecule has 0 spiro atoms. The molecule has 1 aromatic heterocycles. The van der Waals surface area contributed by atoms with Gasteiger partial charge in [-0.2, -0.15) is 0 Å². The van der Waals surface area contributed by atoms with E-state index in [4.69, 9.17) is 9.47 Å². The van der Waals surface area contributed by atoms with Crippen LogP contribution in [0.2, 0.25) is 0 Å². The molecule has 5 nitrogen and oxygen atoms in total. The summed E-state index contributed by atoms with van der Waals surface area (Å²) in [6, 6.07) is 3.45. The summed E-state index contributed by atoms with van der Waals surface area (Å²) in [6.07, 6.45) is 1.59. The van der Waals surface area contributed by atoms with Crippen LogP contribution in [0.3, 0.4) is 0 Å². The molecule has 94 valence electrons. The quantitative estimate of drug-likeness (QED) is 0.821.